The third-order valence-corrected chi connectivity index (χ3v) is 3.73. The lowest BCUT2D eigenvalue weighted by Crippen LogP contribution is -2.27. The molecule has 1 aromatic heterocycles. The van der Waals surface area contributed by atoms with Gasteiger partial charge >= 0.3 is 11.9 Å². The molecule has 1 heterocycles. The molecule has 2 aromatic carbocycles. The number of nitrogen functional groups attached to an aromatic ring is 1. The summed E-state index contributed by atoms with van der Waals surface area (Å²) in [6, 6.07) is 12.6. The maximum atomic E-state index is 11.1. The molecule has 0 saturated heterocycles. The van der Waals surface area contributed by atoms with Crippen LogP contribution in [0.2, 0.25) is 0 Å². The lowest BCUT2D eigenvalue weighted by atomic mass is 9.96. The van der Waals surface area contributed by atoms with Crippen molar-refractivity contribution in [2.75, 3.05) is 5.73 Å². The van der Waals surface area contributed by atoms with Crippen LogP contribution < -0.4 is 5.73 Å². The predicted molar refractivity (Wildman–Crippen MR) is 91.7 cm³/mol. The molecule has 26 heavy (non-hydrogen) atoms. The lowest BCUT2D eigenvalue weighted by Gasteiger charge is -2.24. The number of nitrogens with two attached hydrogens (primary N) is 1. The second-order valence-electron chi connectivity index (χ2n) is 6.06. The molecule has 8 heteroatoms. The number of carbonyl (C=O) groups is 2. The molecule has 0 fully saturated rings. The number of benzene rings is 2. The molecule has 8 nitrogen and oxygen atoms in total. The smallest absolute Gasteiger partial charge is 0.449 e. The summed E-state index contributed by atoms with van der Waals surface area (Å²) in [6.45, 7) is 3.16. The van der Waals surface area contributed by atoms with Crippen LogP contribution in [-0.2, 0) is 25.0 Å². The number of carboxylic acids is 1. The Labute approximate surface area is 148 Å². The number of aliphatic carboxylic acids is 1. The van der Waals surface area contributed by atoms with E-state index in [0.717, 1.165) is 5.56 Å². The molecule has 0 saturated carbocycles. The monoisotopic (exact) mass is 356 g/mol. The Morgan fingerprint density at radius 3 is 2.54 bits per heavy atom. The van der Waals surface area contributed by atoms with Crippen molar-refractivity contribution in [3.8, 4) is 11.5 Å². The highest BCUT2D eigenvalue weighted by molar-refractivity contribution is 6.28. The normalized spacial score (nSPS) is 11.5. The van der Waals surface area contributed by atoms with Gasteiger partial charge in [-0.3, -0.25) is 4.89 Å². The Morgan fingerprint density at radius 2 is 1.88 bits per heavy atom. The Balaban J connectivity index is 1.95. The van der Waals surface area contributed by atoms with Crippen molar-refractivity contribution in [1.82, 2.24) is 4.98 Å². The zero-order valence-corrected chi connectivity index (χ0v) is 14.1. The largest absolute Gasteiger partial charge is 0.473 e. The average molecular weight is 356 g/mol. The number of hydrogen-bond acceptors (Lipinski definition) is 7. The standard InChI is InChI=1S/C18H16N2O6/c1-18(2,26-25-17(23)16(21)22)11-8-14-13(9-12(11)19)20-15(24-14)10-6-4-3-5-7-10/h3-9H,19H2,1-2H3,(H,21,22). The third kappa shape index (κ3) is 3.35. The van der Waals surface area contributed by atoms with Gasteiger partial charge in [-0.1, -0.05) is 18.2 Å². The summed E-state index contributed by atoms with van der Waals surface area (Å²) in [4.78, 5) is 35.3. The molecule has 0 aliphatic rings. The number of nitrogens with zero attached hydrogens (tertiary/aromatic N) is 1. The van der Waals surface area contributed by atoms with Crippen LogP contribution in [0.4, 0.5) is 5.69 Å². The van der Waals surface area contributed by atoms with E-state index in [-0.39, 0.29) is 0 Å². The summed E-state index contributed by atoms with van der Waals surface area (Å²) in [6.07, 6.45) is 0. The van der Waals surface area contributed by atoms with Crippen molar-refractivity contribution in [2.24, 2.45) is 0 Å². The van der Waals surface area contributed by atoms with Crippen molar-refractivity contribution in [3.05, 3.63) is 48.0 Å². The second-order valence-corrected chi connectivity index (χ2v) is 6.06. The third-order valence-electron chi connectivity index (χ3n) is 3.73. The fourth-order valence-electron chi connectivity index (χ4n) is 2.44. The molecule has 3 rings (SSSR count). The summed E-state index contributed by atoms with van der Waals surface area (Å²) in [7, 11) is 0. The predicted octanol–water partition coefficient (Wildman–Crippen LogP) is 2.87. The fourth-order valence-corrected chi connectivity index (χ4v) is 2.44. The van der Waals surface area contributed by atoms with Crippen molar-refractivity contribution in [3.63, 3.8) is 0 Å². The van der Waals surface area contributed by atoms with Gasteiger partial charge in [0.05, 0.1) is 0 Å². The van der Waals surface area contributed by atoms with E-state index < -0.39 is 17.5 Å². The summed E-state index contributed by atoms with van der Waals surface area (Å²) >= 11 is 0. The van der Waals surface area contributed by atoms with E-state index in [0.29, 0.717) is 28.2 Å². The van der Waals surface area contributed by atoms with Gasteiger partial charge in [0.2, 0.25) is 5.89 Å². The van der Waals surface area contributed by atoms with Crippen LogP contribution in [0.5, 0.6) is 0 Å². The van der Waals surface area contributed by atoms with Gasteiger partial charge in [-0.25, -0.2) is 14.6 Å². The van der Waals surface area contributed by atoms with Crippen molar-refractivity contribution >= 4 is 28.7 Å². The minimum Gasteiger partial charge on any atom is -0.473 e. The number of rotatable bonds is 4. The quantitative estimate of drug-likeness (QED) is 0.316. The SMILES string of the molecule is CC(C)(OOC(=O)C(=O)O)c1cc2oc(-c3ccccc3)nc2cc1N. The molecule has 0 aliphatic carbocycles. The zero-order chi connectivity index (χ0) is 18.9. The fraction of sp³-hybridized carbons (Fsp3) is 0.167. The molecule has 0 unspecified atom stereocenters. The van der Waals surface area contributed by atoms with Gasteiger partial charge in [0.25, 0.3) is 0 Å². The number of anilines is 1. The first kappa shape index (κ1) is 17.4. The van der Waals surface area contributed by atoms with E-state index in [1.54, 1.807) is 26.0 Å². The topological polar surface area (TPSA) is 125 Å². The molecule has 134 valence electrons. The van der Waals surface area contributed by atoms with Gasteiger partial charge in [0.1, 0.15) is 11.1 Å². The van der Waals surface area contributed by atoms with Crippen LogP contribution in [0.15, 0.2) is 46.9 Å². The van der Waals surface area contributed by atoms with Gasteiger partial charge in [0.15, 0.2) is 5.58 Å². The molecule has 0 radical (unpaired) electrons. The van der Waals surface area contributed by atoms with E-state index >= 15 is 0 Å². The molecule has 0 amide bonds. The van der Waals surface area contributed by atoms with Crippen LogP contribution in [0, 0.1) is 0 Å². The van der Waals surface area contributed by atoms with Gasteiger partial charge < -0.3 is 15.3 Å². The number of aromatic nitrogens is 1. The highest BCUT2D eigenvalue weighted by Crippen LogP contribution is 2.34. The first-order valence-corrected chi connectivity index (χ1v) is 7.67. The van der Waals surface area contributed by atoms with Gasteiger partial charge in [-0.15, -0.1) is 0 Å². The van der Waals surface area contributed by atoms with Crippen LogP contribution in [-0.4, -0.2) is 22.0 Å². The summed E-state index contributed by atoms with van der Waals surface area (Å²) < 4.78 is 5.78. The molecule has 3 N–H and O–H groups in total. The summed E-state index contributed by atoms with van der Waals surface area (Å²) in [5.74, 6) is -2.84. The van der Waals surface area contributed by atoms with Crippen LogP contribution in [0.3, 0.4) is 0 Å². The highest BCUT2D eigenvalue weighted by atomic mass is 17.2. The molecule has 0 spiro atoms. The Bertz CT molecular complexity index is 978. The molecular formula is C18H16N2O6. The molecule has 3 aromatic rings. The first-order valence-electron chi connectivity index (χ1n) is 7.67. The summed E-state index contributed by atoms with van der Waals surface area (Å²) in [5, 5.41) is 8.55. The Morgan fingerprint density at radius 1 is 1.19 bits per heavy atom. The van der Waals surface area contributed by atoms with Crippen LogP contribution >= 0.6 is 0 Å². The number of carboxylic acid groups (broad SMARTS) is 1. The molecular weight excluding hydrogens is 340 g/mol. The minimum absolute atomic E-state index is 0.335. The highest BCUT2D eigenvalue weighted by Gasteiger charge is 2.30. The molecule has 0 atom stereocenters. The Kier molecular flexibility index (Phi) is 4.35. The van der Waals surface area contributed by atoms with Gasteiger partial charge in [-0.2, -0.15) is 4.89 Å². The van der Waals surface area contributed by atoms with E-state index in [2.05, 4.69) is 9.87 Å². The number of hydrogen-bond donors (Lipinski definition) is 2. The average Bonchev–Trinajstić information content (AvgIpc) is 3.02. The van der Waals surface area contributed by atoms with E-state index in [9.17, 15) is 9.59 Å². The van der Waals surface area contributed by atoms with Crippen LogP contribution in [0.25, 0.3) is 22.6 Å². The minimum atomic E-state index is -1.76. The number of oxazole rings is 1. The Hall–Kier alpha value is -3.39. The first-order chi connectivity index (χ1) is 12.3. The number of carbonyl (C=O) groups excluding carboxylic acids is 1. The number of fused-ring (bicyclic) bond motifs is 1. The summed E-state index contributed by atoms with van der Waals surface area (Å²) in [5.41, 5.74) is 7.50. The maximum Gasteiger partial charge on any atom is 0.449 e. The van der Waals surface area contributed by atoms with E-state index in [1.165, 1.54) is 0 Å². The van der Waals surface area contributed by atoms with Gasteiger partial charge in [-0.05, 0) is 38.1 Å². The van der Waals surface area contributed by atoms with Gasteiger partial charge in [0, 0.05) is 16.8 Å². The van der Waals surface area contributed by atoms with Crippen molar-refractivity contribution < 1.29 is 28.9 Å². The molecule has 0 bridgehead atoms. The van der Waals surface area contributed by atoms with E-state index in [1.807, 2.05) is 30.3 Å². The van der Waals surface area contributed by atoms with E-state index in [4.69, 9.17) is 20.1 Å². The zero-order valence-electron chi connectivity index (χ0n) is 14.1. The van der Waals surface area contributed by atoms with Crippen LogP contribution in [0.1, 0.15) is 19.4 Å². The second kappa shape index (κ2) is 6.49. The molecule has 0 aliphatic heterocycles. The lowest BCUT2D eigenvalue weighted by molar-refractivity contribution is -0.327. The van der Waals surface area contributed by atoms with Crippen molar-refractivity contribution in [1.29, 1.82) is 0 Å². The maximum absolute atomic E-state index is 11.1. The van der Waals surface area contributed by atoms with Crippen molar-refractivity contribution in [2.45, 2.75) is 19.4 Å².